The number of aromatic nitrogens is 4. The van der Waals surface area contributed by atoms with Gasteiger partial charge in [-0.15, -0.1) is 10.2 Å². The quantitative estimate of drug-likeness (QED) is 0.791. The first kappa shape index (κ1) is 9.77. The minimum absolute atomic E-state index is 0.470. The van der Waals surface area contributed by atoms with Gasteiger partial charge in [0, 0.05) is 19.3 Å². The maximum Gasteiger partial charge on any atom is 0.208 e. The fraction of sp³-hybridized carbons (Fsp3) is 0.500. The molecule has 6 heteroatoms. The highest BCUT2D eigenvalue weighted by atomic mass is 32.1. The van der Waals surface area contributed by atoms with Crippen molar-refractivity contribution in [1.29, 1.82) is 0 Å². The monoisotopic (exact) mass is 235 g/mol. The van der Waals surface area contributed by atoms with E-state index in [-0.39, 0.29) is 0 Å². The second kappa shape index (κ2) is 3.86. The van der Waals surface area contributed by atoms with Gasteiger partial charge in [-0.25, -0.2) is 0 Å². The minimum atomic E-state index is 0.470. The third-order valence-corrected chi connectivity index (χ3v) is 3.64. The SMILES string of the molecule is Cc1cnn(C2CCN(c3nncs3)C2)c1. The topological polar surface area (TPSA) is 46.8 Å². The zero-order valence-corrected chi connectivity index (χ0v) is 9.89. The Labute approximate surface area is 97.7 Å². The number of aryl methyl sites for hydroxylation is 1. The Balaban J connectivity index is 1.74. The summed E-state index contributed by atoms with van der Waals surface area (Å²) >= 11 is 1.60. The first-order chi connectivity index (χ1) is 7.83. The van der Waals surface area contributed by atoms with E-state index in [1.165, 1.54) is 5.56 Å². The maximum absolute atomic E-state index is 4.37. The van der Waals surface area contributed by atoms with Crippen molar-refractivity contribution in [3.8, 4) is 0 Å². The maximum atomic E-state index is 4.37. The molecule has 5 nitrogen and oxygen atoms in total. The van der Waals surface area contributed by atoms with Gasteiger partial charge in [0.1, 0.15) is 5.51 Å². The zero-order valence-electron chi connectivity index (χ0n) is 9.08. The van der Waals surface area contributed by atoms with Crippen molar-refractivity contribution in [2.24, 2.45) is 0 Å². The van der Waals surface area contributed by atoms with Crippen molar-refractivity contribution in [2.75, 3.05) is 18.0 Å². The molecule has 1 fully saturated rings. The van der Waals surface area contributed by atoms with Gasteiger partial charge in [0.25, 0.3) is 0 Å². The summed E-state index contributed by atoms with van der Waals surface area (Å²) in [5.74, 6) is 0. The largest absolute Gasteiger partial charge is 0.344 e. The molecule has 0 bridgehead atoms. The van der Waals surface area contributed by atoms with Gasteiger partial charge in [-0.05, 0) is 18.9 Å². The molecule has 1 unspecified atom stereocenters. The summed E-state index contributed by atoms with van der Waals surface area (Å²) in [6.07, 6.45) is 5.14. The molecule has 1 atom stereocenters. The molecule has 1 aliphatic rings. The van der Waals surface area contributed by atoms with Crippen LogP contribution in [0.5, 0.6) is 0 Å². The highest BCUT2D eigenvalue weighted by molar-refractivity contribution is 7.13. The molecule has 0 aromatic carbocycles. The third kappa shape index (κ3) is 1.69. The molecule has 0 amide bonds. The van der Waals surface area contributed by atoms with Gasteiger partial charge < -0.3 is 4.90 Å². The van der Waals surface area contributed by atoms with Crippen LogP contribution in [0.3, 0.4) is 0 Å². The van der Waals surface area contributed by atoms with E-state index in [1.54, 1.807) is 16.8 Å². The lowest BCUT2D eigenvalue weighted by atomic mass is 10.3. The van der Waals surface area contributed by atoms with Crippen molar-refractivity contribution in [1.82, 2.24) is 20.0 Å². The molecule has 84 valence electrons. The average molecular weight is 235 g/mol. The van der Waals surface area contributed by atoms with Crippen molar-refractivity contribution < 1.29 is 0 Å². The van der Waals surface area contributed by atoms with Gasteiger partial charge in [-0.1, -0.05) is 11.3 Å². The molecular formula is C10H13N5S. The number of nitrogens with zero attached hydrogens (tertiary/aromatic N) is 5. The normalized spacial score (nSPS) is 20.6. The summed E-state index contributed by atoms with van der Waals surface area (Å²) in [6.45, 7) is 4.09. The molecule has 0 spiro atoms. The van der Waals surface area contributed by atoms with Crippen LogP contribution in [0.4, 0.5) is 5.13 Å². The Bertz CT molecular complexity index is 463. The van der Waals surface area contributed by atoms with E-state index >= 15 is 0 Å². The fourth-order valence-electron chi connectivity index (χ4n) is 2.07. The summed E-state index contributed by atoms with van der Waals surface area (Å²) in [5.41, 5.74) is 3.00. The van der Waals surface area contributed by atoms with E-state index in [1.807, 2.05) is 6.20 Å². The fourth-order valence-corrected chi connectivity index (χ4v) is 2.67. The number of hydrogen-bond donors (Lipinski definition) is 0. The Morgan fingerprint density at radius 2 is 2.44 bits per heavy atom. The summed E-state index contributed by atoms with van der Waals surface area (Å²) in [6, 6.07) is 0.470. The van der Waals surface area contributed by atoms with Gasteiger partial charge in [0.15, 0.2) is 0 Å². The highest BCUT2D eigenvalue weighted by Gasteiger charge is 2.25. The van der Waals surface area contributed by atoms with Crippen LogP contribution < -0.4 is 4.90 Å². The van der Waals surface area contributed by atoms with E-state index in [0.29, 0.717) is 6.04 Å². The molecule has 0 N–H and O–H groups in total. The van der Waals surface area contributed by atoms with Crippen molar-refractivity contribution in [3.05, 3.63) is 23.5 Å². The van der Waals surface area contributed by atoms with Gasteiger partial charge in [0.05, 0.1) is 12.2 Å². The molecule has 1 aliphatic heterocycles. The molecule has 1 saturated heterocycles. The van der Waals surface area contributed by atoms with Gasteiger partial charge in [-0.2, -0.15) is 5.10 Å². The van der Waals surface area contributed by atoms with E-state index in [0.717, 1.165) is 24.6 Å². The molecule has 0 aliphatic carbocycles. The second-order valence-corrected chi connectivity index (χ2v) is 4.92. The summed E-state index contributed by atoms with van der Waals surface area (Å²) in [4.78, 5) is 2.28. The summed E-state index contributed by atoms with van der Waals surface area (Å²) in [7, 11) is 0. The van der Waals surface area contributed by atoms with Crippen LogP contribution in [-0.4, -0.2) is 33.1 Å². The van der Waals surface area contributed by atoms with Crippen LogP contribution >= 0.6 is 11.3 Å². The third-order valence-electron chi connectivity index (χ3n) is 2.89. The van der Waals surface area contributed by atoms with E-state index in [9.17, 15) is 0 Å². The van der Waals surface area contributed by atoms with E-state index < -0.39 is 0 Å². The Kier molecular flexibility index (Phi) is 2.36. The number of hydrogen-bond acceptors (Lipinski definition) is 5. The van der Waals surface area contributed by atoms with Crippen LogP contribution in [0.1, 0.15) is 18.0 Å². The van der Waals surface area contributed by atoms with Crippen LogP contribution in [0, 0.1) is 6.92 Å². The summed E-state index contributed by atoms with van der Waals surface area (Å²) < 4.78 is 2.07. The molecular weight excluding hydrogens is 222 g/mol. The smallest absolute Gasteiger partial charge is 0.208 e. The molecule has 2 aromatic rings. The number of anilines is 1. The molecule has 0 saturated carbocycles. The Hall–Kier alpha value is -1.43. The van der Waals surface area contributed by atoms with Gasteiger partial charge >= 0.3 is 0 Å². The standard InChI is InChI=1S/C10H13N5S/c1-8-4-12-15(5-8)9-2-3-14(6-9)10-13-11-7-16-10/h4-5,7,9H,2-3,6H2,1H3. The lowest BCUT2D eigenvalue weighted by Crippen LogP contribution is -2.20. The average Bonchev–Trinajstić information content (AvgIpc) is 2.97. The van der Waals surface area contributed by atoms with Crippen LogP contribution in [0.25, 0.3) is 0 Å². The van der Waals surface area contributed by atoms with Crippen molar-refractivity contribution >= 4 is 16.5 Å². The Morgan fingerprint density at radius 1 is 1.50 bits per heavy atom. The van der Waals surface area contributed by atoms with Crippen molar-refractivity contribution in [3.63, 3.8) is 0 Å². The molecule has 3 rings (SSSR count). The second-order valence-electron chi connectivity index (χ2n) is 4.11. The van der Waals surface area contributed by atoms with Crippen LogP contribution in [0.15, 0.2) is 17.9 Å². The first-order valence-electron chi connectivity index (χ1n) is 5.35. The number of rotatable bonds is 2. The molecule has 2 aromatic heterocycles. The molecule has 3 heterocycles. The lowest BCUT2D eigenvalue weighted by Gasteiger charge is -2.14. The van der Waals surface area contributed by atoms with Gasteiger partial charge in [0.2, 0.25) is 5.13 Å². The van der Waals surface area contributed by atoms with Crippen molar-refractivity contribution in [2.45, 2.75) is 19.4 Å². The highest BCUT2D eigenvalue weighted by Crippen LogP contribution is 2.27. The predicted molar refractivity (Wildman–Crippen MR) is 62.7 cm³/mol. The van der Waals surface area contributed by atoms with E-state index in [4.69, 9.17) is 0 Å². The predicted octanol–water partition coefficient (Wildman–Crippen LogP) is 1.49. The van der Waals surface area contributed by atoms with Gasteiger partial charge in [-0.3, -0.25) is 4.68 Å². The molecule has 0 radical (unpaired) electrons. The summed E-state index contributed by atoms with van der Waals surface area (Å²) in [5, 5.41) is 13.4. The van der Waals surface area contributed by atoms with Crippen LogP contribution in [0.2, 0.25) is 0 Å². The minimum Gasteiger partial charge on any atom is -0.344 e. The Morgan fingerprint density at radius 3 is 3.12 bits per heavy atom. The first-order valence-corrected chi connectivity index (χ1v) is 6.23. The van der Waals surface area contributed by atoms with Crippen LogP contribution in [-0.2, 0) is 0 Å². The zero-order chi connectivity index (χ0) is 11.0. The molecule has 16 heavy (non-hydrogen) atoms. The lowest BCUT2D eigenvalue weighted by molar-refractivity contribution is 0.494. The van der Waals surface area contributed by atoms with E-state index in [2.05, 4.69) is 38.0 Å².